The van der Waals surface area contributed by atoms with Crippen LogP contribution >= 0.6 is 0 Å². The first-order valence-electron chi connectivity index (χ1n) is 4.53. The summed E-state index contributed by atoms with van der Waals surface area (Å²) in [4.78, 5) is 0. The maximum atomic E-state index is 6.20. The van der Waals surface area contributed by atoms with Crippen molar-refractivity contribution in [2.75, 3.05) is 0 Å². The monoisotopic (exact) mass is 334 g/mol. The van der Waals surface area contributed by atoms with Gasteiger partial charge in [-0.25, -0.2) is 0 Å². The van der Waals surface area contributed by atoms with Gasteiger partial charge in [-0.05, 0) is 38.3 Å². The van der Waals surface area contributed by atoms with Gasteiger partial charge in [0.05, 0.1) is 0 Å². The summed E-state index contributed by atoms with van der Waals surface area (Å²) in [5, 5.41) is 0. The molecule has 0 rings (SSSR count). The molecule has 0 aromatic heterocycles. The summed E-state index contributed by atoms with van der Waals surface area (Å²) in [7, 11) is -2.54. The maximum Gasteiger partial charge on any atom is 0.173 e. The van der Waals surface area contributed by atoms with Gasteiger partial charge in [-0.1, -0.05) is 80.7 Å². The molecule has 0 saturated heterocycles. The highest BCUT2D eigenvalue weighted by atomic mass is 28.4. The third kappa shape index (κ3) is 36.2. The summed E-state index contributed by atoms with van der Waals surface area (Å²) >= 11 is 0. The molecule has 0 N–H and O–H groups in total. The lowest BCUT2D eigenvalue weighted by Crippen LogP contribution is -2.43. The Morgan fingerprint density at radius 2 is 0.650 bits per heavy atom. The van der Waals surface area contributed by atoms with Crippen molar-refractivity contribution in [3.63, 3.8) is 0 Å². The van der Waals surface area contributed by atoms with Gasteiger partial charge in [0.1, 0.15) is 0 Å². The van der Waals surface area contributed by atoms with Crippen LogP contribution in [0.25, 0.3) is 0 Å². The molecule has 0 heterocycles. The van der Waals surface area contributed by atoms with Crippen molar-refractivity contribution in [3.05, 3.63) is 0 Å². The molecule has 0 unspecified atom stereocenters. The first-order chi connectivity index (χ1) is 4.83. The Hall–Kier alpha value is 0.394. The molecule has 0 aliphatic carbocycles. The van der Waals surface area contributed by atoms with Gasteiger partial charge < -0.3 is 4.12 Å². The van der Waals surface area contributed by atoms with Gasteiger partial charge in [0, 0.05) is 0 Å². The molecule has 140 valence electrons. The highest BCUT2D eigenvalue weighted by Crippen LogP contribution is 2.20. The average Bonchev–Trinajstić information content (AvgIpc) is 1.86. The first kappa shape index (κ1) is 71.0. The van der Waals surface area contributed by atoms with Gasteiger partial charge in [0.15, 0.2) is 16.6 Å². The largest absolute Gasteiger partial charge is 0.456 e. The van der Waals surface area contributed by atoms with E-state index in [0.29, 0.717) is 0 Å². The fourth-order valence-corrected chi connectivity index (χ4v) is 8.03. The molecule has 0 aromatic rings. The van der Waals surface area contributed by atoms with Crippen LogP contribution in [-0.4, -0.2) is 16.6 Å². The quantitative estimate of drug-likeness (QED) is 0.465. The molecule has 0 bridgehead atoms. The molecule has 3 heteroatoms. The second-order valence-electron chi connectivity index (χ2n) is 4.33. The van der Waals surface area contributed by atoms with E-state index >= 15 is 0 Å². The molecule has 0 aliphatic rings. The van der Waals surface area contributed by atoms with E-state index in [1.165, 1.54) is 12.1 Å². The molecule has 1 nitrogen and oxygen atoms in total. The highest BCUT2D eigenvalue weighted by Gasteiger charge is 2.29. The van der Waals surface area contributed by atoms with E-state index in [1.54, 1.807) is 0 Å². The van der Waals surface area contributed by atoms with Gasteiger partial charge in [-0.2, -0.15) is 0 Å². The number of rotatable bonds is 4. The van der Waals surface area contributed by atoms with Gasteiger partial charge >= 0.3 is 0 Å². The Labute approximate surface area is 140 Å². The standard InChI is InChI=1S/C8H22OSi2.9CH4/c1-7-10(3,4)9-11(5,6)8-2;;;;;;;;;/h7-8H2,1-6H3;9*1H4. The van der Waals surface area contributed by atoms with Crippen molar-refractivity contribution in [2.24, 2.45) is 0 Å². The smallest absolute Gasteiger partial charge is 0.173 e. The van der Waals surface area contributed by atoms with Crippen LogP contribution in [0.15, 0.2) is 0 Å². The summed E-state index contributed by atoms with van der Waals surface area (Å²) in [6.07, 6.45) is 0. The topological polar surface area (TPSA) is 9.23 Å². The van der Waals surface area contributed by atoms with E-state index < -0.39 is 16.6 Å². The van der Waals surface area contributed by atoms with Crippen LogP contribution in [0.1, 0.15) is 80.7 Å². The third-order valence-electron chi connectivity index (χ3n) is 2.26. The van der Waals surface area contributed by atoms with Gasteiger partial charge in [0.25, 0.3) is 0 Å². The predicted molar refractivity (Wildman–Crippen MR) is 118 cm³/mol. The molecule has 0 aliphatic heterocycles. The molecule has 20 heavy (non-hydrogen) atoms. The summed E-state index contributed by atoms with van der Waals surface area (Å²) in [6, 6.07) is 2.48. The zero-order valence-corrected chi connectivity index (χ0v) is 10.8. The van der Waals surface area contributed by atoms with E-state index in [9.17, 15) is 0 Å². The van der Waals surface area contributed by atoms with Crippen molar-refractivity contribution in [2.45, 2.75) is 119 Å². The van der Waals surface area contributed by atoms with Crippen LogP contribution in [0.2, 0.25) is 38.3 Å². The fraction of sp³-hybridized carbons (Fsp3) is 1.00. The summed E-state index contributed by atoms with van der Waals surface area (Å²) < 4.78 is 6.20. The lowest BCUT2D eigenvalue weighted by Gasteiger charge is -2.32. The zero-order chi connectivity index (χ0) is 9.12. The van der Waals surface area contributed by atoms with Crippen molar-refractivity contribution in [1.29, 1.82) is 0 Å². The predicted octanol–water partition coefficient (Wildman–Crippen LogP) is 9.18. The first-order valence-corrected chi connectivity index (χ1v) is 10.8. The lowest BCUT2D eigenvalue weighted by molar-refractivity contribution is 0.542. The Bertz CT molecular complexity index is 110. The Balaban J connectivity index is -0.0000000139. The molecule has 0 atom stereocenters. The van der Waals surface area contributed by atoms with Crippen LogP contribution in [0.4, 0.5) is 0 Å². The molecular formula is C17H58OSi2. The van der Waals surface area contributed by atoms with Gasteiger partial charge in [-0.3, -0.25) is 0 Å². The Morgan fingerprint density at radius 3 is 0.750 bits per heavy atom. The molecule has 0 spiro atoms. The molecular weight excluding hydrogens is 276 g/mol. The van der Waals surface area contributed by atoms with Crippen LogP contribution in [0.3, 0.4) is 0 Å². The molecule has 0 fully saturated rings. The van der Waals surface area contributed by atoms with E-state index in [-0.39, 0.29) is 66.8 Å². The minimum atomic E-state index is -1.27. The normalized spacial score (nSPS) is 7.50. The van der Waals surface area contributed by atoms with Gasteiger partial charge in [-0.15, -0.1) is 0 Å². The van der Waals surface area contributed by atoms with Gasteiger partial charge in [0.2, 0.25) is 0 Å². The summed E-state index contributed by atoms with van der Waals surface area (Å²) in [5.74, 6) is 0. The van der Waals surface area contributed by atoms with E-state index in [4.69, 9.17) is 4.12 Å². The molecule has 0 aromatic carbocycles. The van der Waals surface area contributed by atoms with E-state index in [0.717, 1.165) is 0 Å². The van der Waals surface area contributed by atoms with Crippen molar-refractivity contribution in [1.82, 2.24) is 0 Å². The fourth-order valence-electron chi connectivity index (χ4n) is 0.892. The molecule has 0 amide bonds. The average molecular weight is 335 g/mol. The van der Waals surface area contributed by atoms with Crippen LogP contribution in [-0.2, 0) is 4.12 Å². The second-order valence-corrected chi connectivity index (χ2v) is 13.6. The summed E-state index contributed by atoms with van der Waals surface area (Å²) in [5.41, 5.74) is 0. The van der Waals surface area contributed by atoms with E-state index in [2.05, 4.69) is 40.0 Å². The second kappa shape index (κ2) is 27.7. The third-order valence-corrected chi connectivity index (χ3v) is 10.1. The molecule has 0 radical (unpaired) electrons. The Kier molecular flexibility index (Phi) is 98.3. The van der Waals surface area contributed by atoms with Crippen LogP contribution in [0, 0.1) is 0 Å². The van der Waals surface area contributed by atoms with Crippen molar-refractivity contribution < 1.29 is 4.12 Å². The SMILES string of the molecule is C.C.C.C.C.C.C.C.C.CC[Si](C)(C)O[Si](C)(C)CC. The minimum Gasteiger partial charge on any atom is -0.456 e. The Morgan fingerprint density at radius 1 is 0.500 bits per heavy atom. The molecule has 0 saturated carbocycles. The lowest BCUT2D eigenvalue weighted by atomic mass is 11.0. The van der Waals surface area contributed by atoms with Crippen LogP contribution < -0.4 is 0 Å². The van der Waals surface area contributed by atoms with Crippen molar-refractivity contribution >= 4 is 16.6 Å². The van der Waals surface area contributed by atoms with Crippen LogP contribution in [0.5, 0.6) is 0 Å². The van der Waals surface area contributed by atoms with E-state index in [1.807, 2.05) is 0 Å². The maximum absolute atomic E-state index is 6.20. The highest BCUT2D eigenvalue weighted by molar-refractivity contribution is 6.84. The minimum absolute atomic E-state index is 0. The zero-order valence-electron chi connectivity index (χ0n) is 8.82. The number of hydrogen-bond donors (Lipinski definition) is 0. The number of hydrogen-bond acceptors (Lipinski definition) is 1. The summed E-state index contributed by atoms with van der Waals surface area (Å²) in [6.45, 7) is 13.8. The van der Waals surface area contributed by atoms with Crippen molar-refractivity contribution in [3.8, 4) is 0 Å².